The second-order valence-electron chi connectivity index (χ2n) is 6.10. The average Bonchev–Trinajstić information content (AvgIpc) is 2.64. The third kappa shape index (κ3) is 2.86. The van der Waals surface area contributed by atoms with Crippen molar-refractivity contribution >= 4 is 17.3 Å². The Hall–Kier alpha value is -2.73. The molecule has 2 heterocycles. The Bertz CT molecular complexity index is 1050. The molecule has 0 amide bonds. The van der Waals surface area contributed by atoms with E-state index in [1.54, 1.807) is 0 Å². The van der Waals surface area contributed by atoms with Crippen molar-refractivity contribution in [1.82, 2.24) is 9.78 Å². The van der Waals surface area contributed by atoms with E-state index in [-0.39, 0.29) is 10.7 Å². The van der Waals surface area contributed by atoms with Gasteiger partial charge in [0.25, 0.3) is 5.56 Å². The second-order valence-corrected chi connectivity index (χ2v) is 6.47. The maximum Gasteiger partial charge on any atom is 0.292 e. The molecule has 0 unspecified atom stereocenters. The lowest BCUT2D eigenvalue weighted by Crippen LogP contribution is -2.33. The van der Waals surface area contributed by atoms with Crippen molar-refractivity contribution in [3.05, 3.63) is 86.8 Å². The minimum Gasteiger partial charge on any atom is -0.364 e. The normalized spacial score (nSPS) is 13.6. The third-order valence-electron chi connectivity index (χ3n) is 4.51. The molecule has 4 rings (SSSR count). The molecule has 0 aliphatic carbocycles. The number of hydrogen-bond donors (Lipinski definition) is 0. The summed E-state index contributed by atoms with van der Waals surface area (Å²) in [7, 11) is 0. The second kappa shape index (κ2) is 6.53. The molecule has 7 heteroatoms. The zero-order valence-corrected chi connectivity index (χ0v) is 14.4. The first-order chi connectivity index (χ1) is 12.5. The summed E-state index contributed by atoms with van der Waals surface area (Å²) in [6, 6.07) is 11.0. The molecule has 0 fully saturated rings. The molecule has 0 saturated carbocycles. The number of fused-ring (bicyclic) bond motifs is 1. The first-order valence-electron chi connectivity index (χ1n) is 8.09. The monoisotopic (exact) mass is 373 g/mol. The van der Waals surface area contributed by atoms with Crippen LogP contribution in [-0.2, 0) is 13.0 Å². The number of aromatic nitrogens is 2. The molecule has 0 radical (unpaired) electrons. The Morgan fingerprint density at radius 2 is 1.81 bits per heavy atom. The number of benzene rings is 2. The molecule has 3 aromatic rings. The molecule has 1 aliphatic heterocycles. The van der Waals surface area contributed by atoms with Gasteiger partial charge in [0.1, 0.15) is 16.5 Å². The maximum atomic E-state index is 14.0. The highest BCUT2D eigenvalue weighted by Gasteiger charge is 2.21. The summed E-state index contributed by atoms with van der Waals surface area (Å²) in [6.07, 6.45) is 2.28. The summed E-state index contributed by atoms with van der Waals surface area (Å²) in [5.41, 5.74) is 2.16. The summed E-state index contributed by atoms with van der Waals surface area (Å²) in [5.74, 6) is -1.61. The molecule has 1 aliphatic rings. The minimum atomic E-state index is -0.879. The van der Waals surface area contributed by atoms with Crippen LogP contribution < -0.4 is 10.5 Å². The van der Waals surface area contributed by atoms with E-state index in [4.69, 9.17) is 11.6 Å². The van der Waals surface area contributed by atoms with E-state index >= 15 is 0 Å². The van der Waals surface area contributed by atoms with Gasteiger partial charge in [-0.25, -0.2) is 8.78 Å². The van der Waals surface area contributed by atoms with E-state index in [9.17, 15) is 13.6 Å². The Morgan fingerprint density at radius 3 is 2.58 bits per heavy atom. The van der Waals surface area contributed by atoms with Gasteiger partial charge in [-0.3, -0.25) is 4.79 Å². The smallest absolute Gasteiger partial charge is 0.292 e. The highest BCUT2D eigenvalue weighted by atomic mass is 35.5. The Labute approximate surface area is 153 Å². The Balaban J connectivity index is 1.72. The SMILES string of the molecule is O=c1c(Cl)c(N2CCc3ccccc3C2)cnn1-c1ccc(F)cc1F. The molecular weight excluding hydrogens is 360 g/mol. The summed E-state index contributed by atoms with van der Waals surface area (Å²) >= 11 is 6.28. The van der Waals surface area contributed by atoms with Crippen LogP contribution in [0.2, 0.25) is 5.02 Å². The zero-order chi connectivity index (χ0) is 18.3. The molecule has 1 aromatic heterocycles. The lowest BCUT2D eigenvalue weighted by atomic mass is 10.00. The fourth-order valence-electron chi connectivity index (χ4n) is 3.17. The molecule has 132 valence electrons. The highest BCUT2D eigenvalue weighted by molar-refractivity contribution is 6.33. The van der Waals surface area contributed by atoms with E-state index in [1.165, 1.54) is 17.3 Å². The largest absolute Gasteiger partial charge is 0.364 e. The fourth-order valence-corrected chi connectivity index (χ4v) is 3.42. The lowest BCUT2D eigenvalue weighted by Gasteiger charge is -2.31. The van der Waals surface area contributed by atoms with Gasteiger partial charge < -0.3 is 4.90 Å². The van der Waals surface area contributed by atoms with Crippen LogP contribution in [0.15, 0.2) is 53.5 Å². The van der Waals surface area contributed by atoms with Crippen molar-refractivity contribution in [3.63, 3.8) is 0 Å². The summed E-state index contributed by atoms with van der Waals surface area (Å²) in [5, 5.41) is 4.01. The van der Waals surface area contributed by atoms with Crippen LogP contribution >= 0.6 is 11.6 Å². The molecule has 26 heavy (non-hydrogen) atoms. The van der Waals surface area contributed by atoms with Crippen molar-refractivity contribution in [3.8, 4) is 5.69 Å². The standard InChI is InChI=1S/C19H14ClF2N3O/c20-18-17(24-8-7-12-3-1-2-4-13(12)11-24)10-23-25(19(18)26)16-6-5-14(21)9-15(16)22/h1-6,9-10H,7-8,11H2. The van der Waals surface area contributed by atoms with Gasteiger partial charge in [-0.2, -0.15) is 9.78 Å². The number of halogens is 3. The van der Waals surface area contributed by atoms with Crippen LogP contribution in [0.25, 0.3) is 5.69 Å². The zero-order valence-electron chi connectivity index (χ0n) is 13.6. The van der Waals surface area contributed by atoms with Gasteiger partial charge in [0, 0.05) is 19.2 Å². The number of rotatable bonds is 2. The van der Waals surface area contributed by atoms with E-state index in [0.717, 1.165) is 23.2 Å². The molecule has 0 saturated heterocycles. The quantitative estimate of drug-likeness (QED) is 0.687. The van der Waals surface area contributed by atoms with E-state index < -0.39 is 17.2 Å². The average molecular weight is 374 g/mol. The van der Waals surface area contributed by atoms with Gasteiger partial charge >= 0.3 is 0 Å². The minimum absolute atomic E-state index is 0.0388. The van der Waals surface area contributed by atoms with E-state index in [1.807, 2.05) is 23.1 Å². The van der Waals surface area contributed by atoms with Gasteiger partial charge in [-0.05, 0) is 29.7 Å². The molecular formula is C19H14ClF2N3O. The van der Waals surface area contributed by atoms with Crippen LogP contribution in [0.5, 0.6) is 0 Å². The van der Waals surface area contributed by atoms with E-state index in [2.05, 4.69) is 11.2 Å². The molecule has 0 bridgehead atoms. The fraction of sp³-hybridized carbons (Fsp3) is 0.158. The number of anilines is 1. The number of hydrogen-bond acceptors (Lipinski definition) is 3. The molecule has 0 spiro atoms. The van der Waals surface area contributed by atoms with Crippen molar-refractivity contribution in [2.24, 2.45) is 0 Å². The molecule has 0 atom stereocenters. The topological polar surface area (TPSA) is 38.1 Å². The third-order valence-corrected chi connectivity index (χ3v) is 4.87. The predicted octanol–water partition coefficient (Wildman–Crippen LogP) is 3.73. The maximum absolute atomic E-state index is 14.0. The first-order valence-corrected chi connectivity index (χ1v) is 8.47. The van der Waals surface area contributed by atoms with Gasteiger partial charge in [0.15, 0.2) is 5.82 Å². The summed E-state index contributed by atoms with van der Waals surface area (Å²) < 4.78 is 27.9. The van der Waals surface area contributed by atoms with Crippen LogP contribution in [0, 0.1) is 11.6 Å². The lowest BCUT2D eigenvalue weighted by molar-refractivity contribution is 0.570. The highest BCUT2D eigenvalue weighted by Crippen LogP contribution is 2.28. The molecule has 4 nitrogen and oxygen atoms in total. The summed E-state index contributed by atoms with van der Waals surface area (Å²) in [6.45, 7) is 1.32. The van der Waals surface area contributed by atoms with Crippen LogP contribution in [0.3, 0.4) is 0 Å². The van der Waals surface area contributed by atoms with Crippen LogP contribution in [0.1, 0.15) is 11.1 Å². The first kappa shape index (κ1) is 16.7. The van der Waals surface area contributed by atoms with Crippen molar-refractivity contribution < 1.29 is 8.78 Å². The van der Waals surface area contributed by atoms with Gasteiger partial charge in [0.2, 0.25) is 0 Å². The predicted molar refractivity (Wildman–Crippen MR) is 96.0 cm³/mol. The summed E-state index contributed by atoms with van der Waals surface area (Å²) in [4.78, 5) is 14.6. The van der Waals surface area contributed by atoms with Gasteiger partial charge in [-0.15, -0.1) is 0 Å². The number of nitrogens with zero attached hydrogens (tertiary/aromatic N) is 3. The van der Waals surface area contributed by atoms with Crippen molar-refractivity contribution in [2.45, 2.75) is 13.0 Å². The van der Waals surface area contributed by atoms with Crippen LogP contribution in [-0.4, -0.2) is 16.3 Å². The van der Waals surface area contributed by atoms with Crippen molar-refractivity contribution in [1.29, 1.82) is 0 Å². The Morgan fingerprint density at radius 1 is 1.04 bits per heavy atom. The van der Waals surface area contributed by atoms with Gasteiger partial charge in [-0.1, -0.05) is 35.9 Å². The molecule has 0 N–H and O–H groups in total. The van der Waals surface area contributed by atoms with Gasteiger partial charge in [0.05, 0.1) is 11.9 Å². The van der Waals surface area contributed by atoms with Crippen molar-refractivity contribution in [2.75, 3.05) is 11.4 Å². The van der Waals surface area contributed by atoms with Crippen LogP contribution in [0.4, 0.5) is 14.5 Å². The Kier molecular flexibility index (Phi) is 4.20. The molecule has 2 aromatic carbocycles. The van der Waals surface area contributed by atoms with E-state index in [0.29, 0.717) is 24.8 Å².